The zero-order chi connectivity index (χ0) is 15.0. The standard InChI is InChI=1S/C14H14ClN3O3/c1-17(6-9-5-16-18(2)7-9)14(19)10-3-11(15)13-12(4-10)20-8-21-13/h3-5,7H,6,8H2,1-2H3. The van der Waals surface area contributed by atoms with Crippen molar-refractivity contribution in [1.29, 1.82) is 0 Å². The molecule has 1 aromatic carbocycles. The largest absolute Gasteiger partial charge is 0.454 e. The summed E-state index contributed by atoms with van der Waals surface area (Å²) in [6.07, 6.45) is 3.60. The van der Waals surface area contributed by atoms with Crippen molar-refractivity contribution in [3.8, 4) is 11.5 Å². The Morgan fingerprint density at radius 2 is 2.29 bits per heavy atom. The van der Waals surface area contributed by atoms with Gasteiger partial charge in [0.25, 0.3) is 5.91 Å². The summed E-state index contributed by atoms with van der Waals surface area (Å²) in [7, 11) is 3.57. The Kier molecular flexibility index (Phi) is 3.47. The highest BCUT2D eigenvalue weighted by molar-refractivity contribution is 6.32. The average molecular weight is 308 g/mol. The van der Waals surface area contributed by atoms with E-state index < -0.39 is 0 Å². The Bertz CT molecular complexity index is 699. The van der Waals surface area contributed by atoms with E-state index in [1.54, 1.807) is 35.0 Å². The van der Waals surface area contributed by atoms with Crippen LogP contribution in [0.25, 0.3) is 0 Å². The lowest BCUT2D eigenvalue weighted by molar-refractivity contribution is 0.0784. The minimum absolute atomic E-state index is 0.123. The molecule has 1 aromatic heterocycles. The summed E-state index contributed by atoms with van der Waals surface area (Å²) >= 11 is 6.10. The van der Waals surface area contributed by atoms with Gasteiger partial charge in [0, 0.05) is 38.0 Å². The van der Waals surface area contributed by atoms with Crippen LogP contribution in [0.5, 0.6) is 11.5 Å². The zero-order valence-corrected chi connectivity index (χ0v) is 12.4. The molecule has 21 heavy (non-hydrogen) atoms. The van der Waals surface area contributed by atoms with Crippen molar-refractivity contribution in [2.75, 3.05) is 13.8 Å². The van der Waals surface area contributed by atoms with Crippen molar-refractivity contribution in [3.63, 3.8) is 0 Å². The molecule has 110 valence electrons. The summed E-state index contributed by atoms with van der Waals surface area (Å²) in [5.41, 5.74) is 1.43. The van der Waals surface area contributed by atoms with Crippen molar-refractivity contribution in [3.05, 3.63) is 40.7 Å². The minimum atomic E-state index is -0.140. The van der Waals surface area contributed by atoms with Crippen LogP contribution in [0.4, 0.5) is 0 Å². The second-order valence-electron chi connectivity index (χ2n) is 4.88. The van der Waals surface area contributed by atoms with Gasteiger partial charge < -0.3 is 14.4 Å². The molecule has 0 spiro atoms. The minimum Gasteiger partial charge on any atom is -0.454 e. The predicted molar refractivity (Wildman–Crippen MR) is 76.6 cm³/mol. The van der Waals surface area contributed by atoms with Gasteiger partial charge >= 0.3 is 0 Å². The van der Waals surface area contributed by atoms with E-state index in [1.807, 2.05) is 13.2 Å². The number of ether oxygens (including phenoxy) is 2. The van der Waals surface area contributed by atoms with E-state index in [9.17, 15) is 4.79 Å². The number of rotatable bonds is 3. The second kappa shape index (κ2) is 5.29. The number of benzene rings is 1. The maximum Gasteiger partial charge on any atom is 0.254 e. The molecule has 2 aromatic rings. The highest BCUT2D eigenvalue weighted by Crippen LogP contribution is 2.40. The third kappa shape index (κ3) is 2.67. The third-order valence-electron chi connectivity index (χ3n) is 3.20. The number of aryl methyl sites for hydroxylation is 1. The number of fused-ring (bicyclic) bond motifs is 1. The molecule has 6 nitrogen and oxygen atoms in total. The SMILES string of the molecule is CN(Cc1cnn(C)c1)C(=O)c1cc(Cl)c2c(c1)OCO2. The quantitative estimate of drug-likeness (QED) is 0.871. The first-order valence-corrected chi connectivity index (χ1v) is 6.74. The van der Waals surface area contributed by atoms with Crippen LogP contribution in [0.15, 0.2) is 24.5 Å². The van der Waals surface area contributed by atoms with E-state index >= 15 is 0 Å². The fourth-order valence-corrected chi connectivity index (χ4v) is 2.48. The van der Waals surface area contributed by atoms with Gasteiger partial charge in [-0.3, -0.25) is 9.48 Å². The molecule has 0 N–H and O–H groups in total. The number of amides is 1. The van der Waals surface area contributed by atoms with Gasteiger partial charge in [-0.15, -0.1) is 0 Å². The Hall–Kier alpha value is -2.21. The molecule has 0 saturated carbocycles. The normalized spacial score (nSPS) is 12.5. The first-order chi connectivity index (χ1) is 10.0. The lowest BCUT2D eigenvalue weighted by atomic mass is 10.1. The third-order valence-corrected chi connectivity index (χ3v) is 3.48. The molecule has 7 heteroatoms. The molecule has 1 aliphatic rings. The fraction of sp³-hybridized carbons (Fsp3) is 0.286. The van der Waals surface area contributed by atoms with Gasteiger partial charge in [0.1, 0.15) is 0 Å². The molecule has 0 saturated heterocycles. The summed E-state index contributed by atoms with van der Waals surface area (Å²) in [4.78, 5) is 14.1. The first kappa shape index (κ1) is 13.8. The van der Waals surface area contributed by atoms with Crippen molar-refractivity contribution >= 4 is 17.5 Å². The van der Waals surface area contributed by atoms with Gasteiger partial charge in [-0.05, 0) is 12.1 Å². The van der Waals surface area contributed by atoms with E-state index in [0.717, 1.165) is 5.56 Å². The van der Waals surface area contributed by atoms with E-state index in [0.29, 0.717) is 28.6 Å². The van der Waals surface area contributed by atoms with Crippen LogP contribution in [-0.4, -0.2) is 34.4 Å². The fourth-order valence-electron chi connectivity index (χ4n) is 2.21. The number of carbonyl (C=O) groups is 1. The van der Waals surface area contributed by atoms with Crippen molar-refractivity contribution < 1.29 is 14.3 Å². The van der Waals surface area contributed by atoms with Crippen LogP contribution >= 0.6 is 11.6 Å². The van der Waals surface area contributed by atoms with Gasteiger partial charge in [0.15, 0.2) is 11.5 Å². The number of hydrogen-bond donors (Lipinski definition) is 0. The number of halogens is 1. The Balaban J connectivity index is 1.80. The monoisotopic (exact) mass is 307 g/mol. The number of aromatic nitrogens is 2. The van der Waals surface area contributed by atoms with Crippen LogP contribution in [0.3, 0.4) is 0 Å². The Labute approximate surface area is 126 Å². The van der Waals surface area contributed by atoms with Crippen molar-refractivity contribution in [2.45, 2.75) is 6.54 Å². The maximum atomic E-state index is 12.5. The molecule has 0 atom stereocenters. The van der Waals surface area contributed by atoms with E-state index in [1.165, 1.54) is 0 Å². The van der Waals surface area contributed by atoms with Crippen molar-refractivity contribution in [1.82, 2.24) is 14.7 Å². The van der Waals surface area contributed by atoms with E-state index in [-0.39, 0.29) is 12.7 Å². The zero-order valence-electron chi connectivity index (χ0n) is 11.7. The van der Waals surface area contributed by atoms with E-state index in [4.69, 9.17) is 21.1 Å². The highest BCUT2D eigenvalue weighted by atomic mass is 35.5. The number of nitrogens with zero attached hydrogens (tertiary/aromatic N) is 3. The molecule has 0 radical (unpaired) electrons. The van der Waals surface area contributed by atoms with Gasteiger partial charge in [-0.2, -0.15) is 5.10 Å². The van der Waals surface area contributed by atoms with Crippen LogP contribution in [-0.2, 0) is 13.6 Å². The first-order valence-electron chi connectivity index (χ1n) is 6.36. The van der Waals surface area contributed by atoms with E-state index in [2.05, 4.69) is 5.10 Å². The van der Waals surface area contributed by atoms with Crippen LogP contribution in [0.2, 0.25) is 5.02 Å². The molecule has 0 fully saturated rings. The molecule has 3 rings (SSSR count). The highest BCUT2D eigenvalue weighted by Gasteiger charge is 2.22. The molecule has 1 aliphatic heterocycles. The summed E-state index contributed by atoms with van der Waals surface area (Å²) in [5, 5.41) is 4.46. The Morgan fingerprint density at radius 3 is 3.00 bits per heavy atom. The topological polar surface area (TPSA) is 56.6 Å². The summed E-state index contributed by atoms with van der Waals surface area (Å²) < 4.78 is 12.2. The van der Waals surface area contributed by atoms with Gasteiger partial charge in [-0.1, -0.05) is 11.6 Å². The predicted octanol–water partition coefficient (Wildman–Crippen LogP) is 2.07. The van der Waals surface area contributed by atoms with Gasteiger partial charge in [0.05, 0.1) is 11.2 Å². The van der Waals surface area contributed by atoms with Crippen LogP contribution in [0.1, 0.15) is 15.9 Å². The lowest BCUT2D eigenvalue weighted by Crippen LogP contribution is -2.26. The summed E-state index contributed by atoms with van der Waals surface area (Å²) in [6, 6.07) is 3.24. The average Bonchev–Trinajstić information content (AvgIpc) is 3.07. The smallest absolute Gasteiger partial charge is 0.254 e. The summed E-state index contributed by atoms with van der Waals surface area (Å²) in [6.45, 7) is 0.594. The molecule has 0 bridgehead atoms. The van der Waals surface area contributed by atoms with Gasteiger partial charge in [0.2, 0.25) is 6.79 Å². The molecular weight excluding hydrogens is 294 g/mol. The van der Waals surface area contributed by atoms with Crippen LogP contribution in [0, 0.1) is 0 Å². The molecule has 0 aliphatic carbocycles. The molecule has 0 unspecified atom stereocenters. The Morgan fingerprint density at radius 1 is 1.48 bits per heavy atom. The van der Waals surface area contributed by atoms with Crippen LogP contribution < -0.4 is 9.47 Å². The molecule has 1 amide bonds. The van der Waals surface area contributed by atoms with Gasteiger partial charge in [-0.25, -0.2) is 0 Å². The summed E-state index contributed by atoms with van der Waals surface area (Å²) in [5.74, 6) is 0.850. The lowest BCUT2D eigenvalue weighted by Gasteiger charge is -2.16. The number of hydrogen-bond acceptors (Lipinski definition) is 4. The molecule has 2 heterocycles. The maximum absolute atomic E-state index is 12.5. The molecular formula is C14H14ClN3O3. The number of carbonyl (C=O) groups excluding carboxylic acids is 1. The second-order valence-corrected chi connectivity index (χ2v) is 5.28. The van der Waals surface area contributed by atoms with Crippen molar-refractivity contribution in [2.24, 2.45) is 7.05 Å².